The summed E-state index contributed by atoms with van der Waals surface area (Å²) in [7, 11) is 0. The number of halogens is 9. The van der Waals surface area contributed by atoms with Crippen LogP contribution in [0.15, 0.2) is 48.5 Å². The van der Waals surface area contributed by atoms with Crippen molar-refractivity contribution < 1.29 is 53.8 Å². The van der Waals surface area contributed by atoms with Crippen molar-refractivity contribution in [3.05, 3.63) is 65.2 Å². The van der Waals surface area contributed by atoms with E-state index in [2.05, 4.69) is 9.47 Å². The van der Waals surface area contributed by atoms with E-state index in [1.165, 1.54) is 6.07 Å². The predicted octanol–water partition coefficient (Wildman–Crippen LogP) is 6.48. The largest absolute Gasteiger partial charge is 0.484 e. The lowest BCUT2D eigenvalue weighted by molar-refractivity contribution is -0.154. The summed E-state index contributed by atoms with van der Waals surface area (Å²) in [6, 6.07) is 6.29. The maximum atomic E-state index is 12.8. The lowest BCUT2D eigenvalue weighted by atomic mass is 10.1. The molecule has 32 heavy (non-hydrogen) atoms. The molecule has 0 heterocycles. The average Bonchev–Trinajstić information content (AvgIpc) is 2.67. The Labute approximate surface area is 175 Å². The molecule has 0 aliphatic rings. The van der Waals surface area contributed by atoms with Crippen molar-refractivity contribution in [2.24, 2.45) is 0 Å². The number of benzene rings is 2. The number of hydrogen-bond donors (Lipinski definition) is 0. The van der Waals surface area contributed by atoms with Crippen molar-refractivity contribution in [2.75, 3.05) is 13.2 Å². The van der Waals surface area contributed by atoms with Gasteiger partial charge in [-0.2, -0.15) is 39.5 Å². The molecule has 0 unspecified atom stereocenters. The molecule has 0 spiro atoms. The molecule has 0 aliphatic heterocycles. The highest BCUT2D eigenvalue weighted by molar-refractivity contribution is 6.08. The van der Waals surface area contributed by atoms with Crippen molar-refractivity contribution in [2.45, 2.75) is 18.5 Å². The second-order valence-electron chi connectivity index (χ2n) is 6.29. The maximum Gasteiger partial charge on any atom is 0.422 e. The van der Waals surface area contributed by atoms with E-state index in [9.17, 15) is 44.3 Å². The number of rotatable bonds is 7. The van der Waals surface area contributed by atoms with Gasteiger partial charge >= 0.3 is 18.5 Å². The Morgan fingerprint density at radius 3 is 2.03 bits per heavy atom. The summed E-state index contributed by atoms with van der Waals surface area (Å²) < 4.78 is 122. The predicted molar refractivity (Wildman–Crippen MR) is 94.4 cm³/mol. The SMILES string of the molecule is O=C(/C=C/c1cccc(C(F)(F)F)c1)c1cc(OCC(F)(F)F)ccc1OCC(F)(F)F. The Balaban J connectivity index is 2.32. The fourth-order valence-corrected chi connectivity index (χ4v) is 2.32. The minimum Gasteiger partial charge on any atom is -0.484 e. The zero-order chi connectivity index (χ0) is 24.2. The molecule has 0 amide bonds. The Kier molecular flexibility index (Phi) is 7.47. The Morgan fingerprint density at radius 2 is 1.44 bits per heavy atom. The third kappa shape index (κ3) is 8.16. The molecule has 12 heteroatoms. The lowest BCUT2D eigenvalue weighted by Gasteiger charge is -2.14. The van der Waals surface area contributed by atoms with E-state index < -0.39 is 60.2 Å². The van der Waals surface area contributed by atoms with Crippen LogP contribution in [0.5, 0.6) is 11.5 Å². The van der Waals surface area contributed by atoms with Gasteiger partial charge in [-0.3, -0.25) is 4.79 Å². The maximum absolute atomic E-state index is 12.8. The van der Waals surface area contributed by atoms with Crippen LogP contribution in [0, 0.1) is 0 Å². The first kappa shape index (κ1) is 25.1. The molecule has 0 bridgehead atoms. The van der Waals surface area contributed by atoms with Crippen LogP contribution < -0.4 is 9.47 Å². The minimum absolute atomic E-state index is 0.0459. The topological polar surface area (TPSA) is 35.5 Å². The number of ketones is 1. The van der Waals surface area contributed by atoms with Crippen LogP contribution >= 0.6 is 0 Å². The molecule has 174 valence electrons. The van der Waals surface area contributed by atoms with E-state index in [0.717, 1.165) is 48.6 Å². The van der Waals surface area contributed by atoms with Gasteiger partial charge in [-0.15, -0.1) is 0 Å². The number of ether oxygens (including phenoxy) is 2. The van der Waals surface area contributed by atoms with Crippen LogP contribution in [0.2, 0.25) is 0 Å². The fourth-order valence-electron chi connectivity index (χ4n) is 2.32. The van der Waals surface area contributed by atoms with E-state index >= 15 is 0 Å². The van der Waals surface area contributed by atoms with Gasteiger partial charge in [0.2, 0.25) is 0 Å². The highest BCUT2D eigenvalue weighted by atomic mass is 19.4. The number of allylic oxidation sites excluding steroid dienone is 1. The molecule has 0 radical (unpaired) electrons. The third-order valence-electron chi connectivity index (χ3n) is 3.65. The number of hydrogen-bond acceptors (Lipinski definition) is 3. The number of alkyl halides is 9. The Hall–Kier alpha value is -3.18. The Bertz CT molecular complexity index is 974. The molecule has 2 aromatic carbocycles. The molecule has 0 saturated carbocycles. The molecule has 3 nitrogen and oxygen atoms in total. The molecule has 0 aromatic heterocycles. The second-order valence-corrected chi connectivity index (χ2v) is 6.29. The van der Waals surface area contributed by atoms with E-state index in [-0.39, 0.29) is 5.56 Å². The summed E-state index contributed by atoms with van der Waals surface area (Å²) in [5, 5.41) is 0. The van der Waals surface area contributed by atoms with Crippen molar-refractivity contribution >= 4 is 11.9 Å². The summed E-state index contributed by atoms with van der Waals surface area (Å²) >= 11 is 0. The van der Waals surface area contributed by atoms with Crippen LogP contribution in [0.4, 0.5) is 39.5 Å². The van der Waals surface area contributed by atoms with Gasteiger partial charge < -0.3 is 9.47 Å². The van der Waals surface area contributed by atoms with Crippen molar-refractivity contribution in [3.63, 3.8) is 0 Å². The van der Waals surface area contributed by atoms with Crippen molar-refractivity contribution in [1.29, 1.82) is 0 Å². The van der Waals surface area contributed by atoms with Crippen molar-refractivity contribution in [1.82, 2.24) is 0 Å². The molecule has 0 atom stereocenters. The van der Waals surface area contributed by atoms with Gasteiger partial charge in [0.15, 0.2) is 19.0 Å². The molecule has 2 rings (SSSR count). The summed E-state index contributed by atoms with van der Waals surface area (Å²) in [6.45, 7) is -3.50. The second kappa shape index (κ2) is 9.53. The van der Waals surface area contributed by atoms with Gasteiger partial charge in [-0.1, -0.05) is 18.2 Å². The average molecular weight is 472 g/mol. The van der Waals surface area contributed by atoms with E-state index in [0.29, 0.717) is 0 Å². The molecule has 2 aromatic rings. The molecule has 0 fully saturated rings. The monoisotopic (exact) mass is 472 g/mol. The smallest absolute Gasteiger partial charge is 0.422 e. The van der Waals surface area contributed by atoms with Gasteiger partial charge in [-0.05, 0) is 42.0 Å². The molecular weight excluding hydrogens is 459 g/mol. The lowest BCUT2D eigenvalue weighted by Crippen LogP contribution is -2.21. The van der Waals surface area contributed by atoms with E-state index in [1.54, 1.807) is 0 Å². The highest BCUT2D eigenvalue weighted by Crippen LogP contribution is 2.31. The number of carbonyl (C=O) groups is 1. The summed E-state index contributed by atoms with van der Waals surface area (Å²) in [6.07, 6.45) is -12.4. The summed E-state index contributed by atoms with van der Waals surface area (Å²) in [5.74, 6) is -2.10. The molecule has 0 aliphatic carbocycles. The first-order valence-corrected chi connectivity index (χ1v) is 8.57. The molecule has 0 N–H and O–H groups in total. The standard InChI is InChI=1S/C20H13F9O3/c21-18(22,23)10-31-14-5-7-17(32-11-19(24,25)26)15(9-14)16(30)6-4-12-2-1-3-13(8-12)20(27,28)29/h1-9H,10-11H2/b6-4+. The molecular formula is C20H13F9O3. The normalized spacial score (nSPS) is 12.8. The van der Waals surface area contributed by atoms with Gasteiger partial charge in [0, 0.05) is 0 Å². The van der Waals surface area contributed by atoms with Gasteiger partial charge in [0.25, 0.3) is 0 Å². The zero-order valence-corrected chi connectivity index (χ0v) is 15.7. The zero-order valence-electron chi connectivity index (χ0n) is 15.7. The number of carbonyl (C=O) groups excluding carboxylic acids is 1. The Morgan fingerprint density at radius 1 is 0.812 bits per heavy atom. The van der Waals surface area contributed by atoms with E-state index in [4.69, 9.17) is 0 Å². The van der Waals surface area contributed by atoms with Crippen molar-refractivity contribution in [3.8, 4) is 11.5 Å². The third-order valence-corrected chi connectivity index (χ3v) is 3.65. The first-order valence-electron chi connectivity index (χ1n) is 8.57. The summed E-state index contributed by atoms with van der Waals surface area (Å²) in [5.41, 5.74) is -1.61. The van der Waals surface area contributed by atoms with Gasteiger partial charge in [-0.25, -0.2) is 0 Å². The molecule has 0 saturated heterocycles. The summed E-state index contributed by atoms with van der Waals surface area (Å²) in [4.78, 5) is 12.5. The highest BCUT2D eigenvalue weighted by Gasteiger charge is 2.31. The van der Waals surface area contributed by atoms with Crippen LogP contribution in [-0.4, -0.2) is 31.3 Å². The van der Waals surface area contributed by atoms with Crippen LogP contribution in [0.25, 0.3) is 6.08 Å². The van der Waals surface area contributed by atoms with Crippen LogP contribution in [-0.2, 0) is 6.18 Å². The minimum atomic E-state index is -4.76. The van der Waals surface area contributed by atoms with Gasteiger partial charge in [0.1, 0.15) is 11.5 Å². The first-order chi connectivity index (χ1) is 14.6. The fraction of sp³-hybridized carbons (Fsp3) is 0.250. The van der Waals surface area contributed by atoms with Gasteiger partial charge in [0.05, 0.1) is 11.1 Å². The van der Waals surface area contributed by atoms with E-state index in [1.807, 2.05) is 0 Å². The van der Waals surface area contributed by atoms with Crippen LogP contribution in [0.3, 0.4) is 0 Å². The van der Waals surface area contributed by atoms with Crippen LogP contribution in [0.1, 0.15) is 21.5 Å². The quantitative estimate of drug-likeness (QED) is 0.263.